The summed E-state index contributed by atoms with van der Waals surface area (Å²) in [6.45, 7) is 4.59. The molecule has 0 atom stereocenters. The lowest BCUT2D eigenvalue weighted by atomic mass is 9.94. The van der Waals surface area contributed by atoms with Crippen molar-refractivity contribution in [2.45, 2.75) is 64.6 Å². The topological polar surface area (TPSA) is 18.5 Å². The fourth-order valence-corrected chi connectivity index (χ4v) is 4.66. The van der Waals surface area contributed by atoms with Crippen molar-refractivity contribution in [2.24, 2.45) is 0 Å². The molecule has 0 N–H and O–H groups in total. The summed E-state index contributed by atoms with van der Waals surface area (Å²) in [4.78, 5) is 0. The normalized spacial score (nSPS) is 17.9. The second-order valence-electron chi connectivity index (χ2n) is 9.35. The van der Waals surface area contributed by atoms with Gasteiger partial charge >= 0.3 is 0 Å². The van der Waals surface area contributed by atoms with Crippen molar-refractivity contribution in [3.05, 3.63) is 82.9 Å². The van der Waals surface area contributed by atoms with Gasteiger partial charge in [-0.2, -0.15) is 0 Å². The Balaban J connectivity index is 1.49. The van der Waals surface area contributed by atoms with Gasteiger partial charge in [-0.3, -0.25) is 0 Å². The zero-order valence-corrected chi connectivity index (χ0v) is 20.8. The third-order valence-corrected chi connectivity index (χ3v) is 6.75. The van der Waals surface area contributed by atoms with E-state index >= 15 is 8.78 Å². The number of unbranched alkanes of at least 4 members (excludes halogenated alkanes) is 2. The third kappa shape index (κ3) is 5.65. The molecule has 1 aliphatic heterocycles. The number of rotatable bonds is 9. The van der Waals surface area contributed by atoms with Crippen molar-refractivity contribution >= 4 is 0 Å². The van der Waals surface area contributed by atoms with Gasteiger partial charge in [0.25, 0.3) is 0 Å². The standard InChI is InChI=1S/C30H32F4O2/c1-3-5-6-8-26-35-17-22(18-36-26)25-16-15-24(29(33)30(25)34)20-11-9-19(10-12-20)23-14-13-21(7-4-2)27(31)28(23)32/h9-16,22,26H,3-8,17-18H2,1-2H3. The molecule has 0 unspecified atom stereocenters. The maximum atomic E-state index is 15.1. The first-order chi connectivity index (χ1) is 17.4. The quantitative estimate of drug-likeness (QED) is 0.216. The molecule has 1 fully saturated rings. The van der Waals surface area contributed by atoms with Gasteiger partial charge in [0.15, 0.2) is 29.6 Å². The first-order valence-corrected chi connectivity index (χ1v) is 12.7. The minimum Gasteiger partial charge on any atom is -0.352 e. The molecule has 0 radical (unpaired) electrons. The highest BCUT2D eigenvalue weighted by Gasteiger charge is 2.27. The van der Waals surface area contributed by atoms with E-state index < -0.39 is 23.3 Å². The summed E-state index contributed by atoms with van der Waals surface area (Å²) in [6, 6.07) is 12.6. The third-order valence-electron chi connectivity index (χ3n) is 6.75. The van der Waals surface area contributed by atoms with E-state index in [1.165, 1.54) is 6.07 Å². The van der Waals surface area contributed by atoms with Crippen LogP contribution in [0.3, 0.4) is 0 Å². The molecular formula is C30H32F4O2. The number of halogens is 4. The Bertz CT molecular complexity index is 1170. The molecule has 4 rings (SSSR count). The molecule has 1 heterocycles. The van der Waals surface area contributed by atoms with Crippen molar-refractivity contribution in [1.82, 2.24) is 0 Å². The van der Waals surface area contributed by atoms with Gasteiger partial charge in [0.1, 0.15) is 0 Å². The van der Waals surface area contributed by atoms with Crippen LogP contribution in [0.2, 0.25) is 0 Å². The molecule has 0 aliphatic carbocycles. The van der Waals surface area contributed by atoms with Gasteiger partial charge in [-0.05, 0) is 41.5 Å². The van der Waals surface area contributed by atoms with Crippen LogP contribution in [0.15, 0.2) is 48.5 Å². The highest BCUT2D eigenvalue weighted by molar-refractivity contribution is 5.71. The van der Waals surface area contributed by atoms with Crippen LogP contribution in [0.5, 0.6) is 0 Å². The highest BCUT2D eigenvalue weighted by atomic mass is 19.2. The SMILES string of the molecule is CCCCCC1OCC(c2ccc(-c3ccc(-c4ccc(CCC)c(F)c4F)cc3)c(F)c2F)CO1. The highest BCUT2D eigenvalue weighted by Crippen LogP contribution is 2.34. The molecule has 0 spiro atoms. The molecule has 1 aliphatic rings. The van der Waals surface area contributed by atoms with Crippen LogP contribution >= 0.6 is 0 Å². The van der Waals surface area contributed by atoms with Gasteiger partial charge in [-0.1, -0.05) is 81.6 Å². The molecule has 0 aromatic heterocycles. The number of hydrogen-bond acceptors (Lipinski definition) is 2. The number of benzene rings is 3. The Hall–Kier alpha value is -2.70. The second-order valence-corrected chi connectivity index (χ2v) is 9.35. The van der Waals surface area contributed by atoms with E-state index in [1.807, 2.05) is 6.92 Å². The lowest BCUT2D eigenvalue weighted by Gasteiger charge is -2.30. The molecular weight excluding hydrogens is 468 g/mol. The number of hydrogen-bond donors (Lipinski definition) is 0. The molecule has 6 heteroatoms. The monoisotopic (exact) mass is 500 g/mol. The Labute approximate surface area is 210 Å². The van der Waals surface area contributed by atoms with Crippen LogP contribution < -0.4 is 0 Å². The van der Waals surface area contributed by atoms with Gasteiger partial charge in [0, 0.05) is 17.0 Å². The Morgan fingerprint density at radius 1 is 0.667 bits per heavy atom. The maximum Gasteiger partial charge on any atom is 0.166 e. The molecule has 3 aromatic rings. The van der Waals surface area contributed by atoms with Crippen LogP contribution in [-0.2, 0) is 15.9 Å². The molecule has 192 valence electrons. The average molecular weight is 501 g/mol. The molecule has 2 nitrogen and oxygen atoms in total. The molecule has 1 saturated heterocycles. The Morgan fingerprint density at radius 2 is 1.25 bits per heavy atom. The average Bonchev–Trinajstić information content (AvgIpc) is 2.90. The molecule has 3 aromatic carbocycles. The predicted octanol–water partition coefficient (Wildman–Crippen LogP) is 8.57. The van der Waals surface area contributed by atoms with E-state index in [0.29, 0.717) is 29.5 Å². The van der Waals surface area contributed by atoms with Gasteiger partial charge in [-0.25, -0.2) is 17.6 Å². The predicted molar refractivity (Wildman–Crippen MR) is 134 cm³/mol. The van der Waals surface area contributed by atoms with Crippen molar-refractivity contribution < 1.29 is 27.0 Å². The van der Waals surface area contributed by atoms with Crippen molar-refractivity contribution in [3.63, 3.8) is 0 Å². The van der Waals surface area contributed by atoms with E-state index in [2.05, 4.69) is 6.92 Å². The largest absolute Gasteiger partial charge is 0.352 e. The minimum absolute atomic E-state index is 0.0998. The van der Waals surface area contributed by atoms with Crippen LogP contribution in [0.25, 0.3) is 22.3 Å². The van der Waals surface area contributed by atoms with Crippen molar-refractivity contribution in [3.8, 4) is 22.3 Å². The summed E-state index contributed by atoms with van der Waals surface area (Å²) in [7, 11) is 0. The first kappa shape index (κ1) is 26.4. The summed E-state index contributed by atoms with van der Waals surface area (Å²) < 4.78 is 70.6. The van der Waals surface area contributed by atoms with E-state index in [1.54, 1.807) is 42.5 Å². The van der Waals surface area contributed by atoms with Crippen molar-refractivity contribution in [2.75, 3.05) is 13.2 Å². The van der Waals surface area contributed by atoms with Gasteiger partial charge in [-0.15, -0.1) is 0 Å². The van der Waals surface area contributed by atoms with Gasteiger partial charge in [0.2, 0.25) is 0 Å². The second kappa shape index (κ2) is 12.0. The lowest BCUT2D eigenvalue weighted by Crippen LogP contribution is -2.31. The molecule has 0 amide bonds. The lowest BCUT2D eigenvalue weighted by molar-refractivity contribution is -0.190. The van der Waals surface area contributed by atoms with Gasteiger partial charge in [0.05, 0.1) is 13.2 Å². The van der Waals surface area contributed by atoms with E-state index in [0.717, 1.165) is 25.7 Å². The van der Waals surface area contributed by atoms with E-state index in [9.17, 15) is 8.78 Å². The molecule has 0 saturated carbocycles. The summed E-state index contributed by atoms with van der Waals surface area (Å²) in [5.41, 5.74) is 1.70. The summed E-state index contributed by atoms with van der Waals surface area (Å²) in [6.07, 6.45) is 4.90. The summed E-state index contributed by atoms with van der Waals surface area (Å²) >= 11 is 0. The summed E-state index contributed by atoms with van der Waals surface area (Å²) in [5, 5.41) is 0. The Kier molecular flexibility index (Phi) is 8.81. The van der Waals surface area contributed by atoms with Crippen LogP contribution in [-0.4, -0.2) is 19.5 Å². The fraction of sp³-hybridized carbons (Fsp3) is 0.400. The zero-order chi connectivity index (χ0) is 25.7. The van der Waals surface area contributed by atoms with Crippen molar-refractivity contribution in [1.29, 1.82) is 0 Å². The minimum atomic E-state index is -0.952. The maximum absolute atomic E-state index is 15.1. The first-order valence-electron chi connectivity index (χ1n) is 12.7. The van der Waals surface area contributed by atoms with E-state index in [-0.39, 0.29) is 42.1 Å². The molecule has 0 bridgehead atoms. The fourth-order valence-electron chi connectivity index (χ4n) is 4.66. The van der Waals surface area contributed by atoms with Crippen LogP contribution in [0.4, 0.5) is 17.6 Å². The zero-order valence-electron chi connectivity index (χ0n) is 20.8. The Morgan fingerprint density at radius 3 is 1.83 bits per heavy atom. The van der Waals surface area contributed by atoms with Crippen LogP contribution in [0.1, 0.15) is 63.0 Å². The smallest absolute Gasteiger partial charge is 0.166 e. The molecule has 36 heavy (non-hydrogen) atoms. The summed E-state index contributed by atoms with van der Waals surface area (Å²) in [5.74, 6) is -4.00. The number of aryl methyl sites for hydroxylation is 1. The van der Waals surface area contributed by atoms with Gasteiger partial charge < -0.3 is 9.47 Å². The van der Waals surface area contributed by atoms with E-state index in [4.69, 9.17) is 9.47 Å². The number of ether oxygens (including phenoxy) is 2. The van der Waals surface area contributed by atoms with Crippen LogP contribution in [0, 0.1) is 23.3 Å².